The first-order valence-corrected chi connectivity index (χ1v) is 7.25. The van der Waals surface area contributed by atoms with Crippen molar-refractivity contribution in [2.24, 2.45) is 0 Å². The van der Waals surface area contributed by atoms with Crippen molar-refractivity contribution in [2.75, 3.05) is 13.6 Å². The van der Waals surface area contributed by atoms with Gasteiger partial charge in [0.05, 0.1) is 6.10 Å². The van der Waals surface area contributed by atoms with E-state index in [1.807, 2.05) is 0 Å². The van der Waals surface area contributed by atoms with E-state index in [1.165, 1.54) is 38.5 Å². The number of hydrogen-bond acceptors (Lipinski definition) is 3. The molecule has 0 aromatic carbocycles. The Morgan fingerprint density at radius 3 is 2.39 bits per heavy atom. The maximum Gasteiger partial charge on any atom is 0.332 e. The third kappa shape index (κ3) is 3.69. The number of hydrogen-bond donors (Lipinski definition) is 1. The summed E-state index contributed by atoms with van der Waals surface area (Å²) in [6.07, 6.45) is 9.05. The van der Waals surface area contributed by atoms with Crippen molar-refractivity contribution in [3.63, 3.8) is 0 Å². The van der Waals surface area contributed by atoms with E-state index in [2.05, 4.69) is 11.9 Å². The molecule has 1 aliphatic carbocycles. The number of likely N-dealkylation sites (N-methyl/N-ethyl adjacent to an activating group) is 1. The summed E-state index contributed by atoms with van der Waals surface area (Å²) in [5.41, 5.74) is 0. The third-order valence-corrected chi connectivity index (χ3v) is 4.32. The molecule has 2 rings (SSSR count). The highest BCUT2D eigenvalue weighted by molar-refractivity contribution is 5.72. The van der Waals surface area contributed by atoms with E-state index in [4.69, 9.17) is 9.84 Å². The monoisotopic (exact) mass is 255 g/mol. The first kappa shape index (κ1) is 13.8. The molecule has 1 saturated carbocycles. The molecule has 1 N–H and O–H groups in total. The van der Waals surface area contributed by atoms with Crippen LogP contribution in [0.5, 0.6) is 0 Å². The van der Waals surface area contributed by atoms with Crippen LogP contribution >= 0.6 is 0 Å². The van der Waals surface area contributed by atoms with Crippen LogP contribution in [0.4, 0.5) is 0 Å². The predicted octanol–water partition coefficient (Wildman–Crippen LogP) is 2.27. The van der Waals surface area contributed by atoms with Crippen LogP contribution < -0.4 is 0 Å². The number of rotatable bonds is 4. The molecule has 2 aliphatic rings. The molecule has 0 spiro atoms. The summed E-state index contributed by atoms with van der Waals surface area (Å²) < 4.78 is 5.57. The molecule has 4 nitrogen and oxygen atoms in total. The van der Waals surface area contributed by atoms with E-state index in [0.717, 1.165) is 13.0 Å². The molecule has 104 valence electrons. The van der Waals surface area contributed by atoms with Crippen molar-refractivity contribution in [2.45, 2.75) is 69.6 Å². The average Bonchev–Trinajstić information content (AvgIpc) is 2.64. The van der Waals surface area contributed by atoms with Gasteiger partial charge >= 0.3 is 5.97 Å². The Labute approximate surface area is 109 Å². The van der Waals surface area contributed by atoms with Crippen LogP contribution in [0.1, 0.15) is 51.4 Å². The van der Waals surface area contributed by atoms with Gasteiger partial charge in [-0.25, -0.2) is 4.79 Å². The van der Waals surface area contributed by atoms with Gasteiger partial charge in [-0.3, -0.25) is 0 Å². The fraction of sp³-hybridized carbons (Fsp3) is 0.929. The van der Waals surface area contributed by atoms with E-state index in [1.54, 1.807) is 0 Å². The second kappa shape index (κ2) is 6.53. The SMILES string of the molecule is CN(CC1CCC(C(=O)O)O1)C1CCCCCC1. The van der Waals surface area contributed by atoms with Gasteiger partial charge < -0.3 is 14.7 Å². The second-order valence-corrected chi connectivity index (χ2v) is 5.75. The molecule has 0 radical (unpaired) electrons. The van der Waals surface area contributed by atoms with Gasteiger partial charge in [0, 0.05) is 12.6 Å². The van der Waals surface area contributed by atoms with Crippen LogP contribution in [0, 0.1) is 0 Å². The normalized spacial score (nSPS) is 30.6. The van der Waals surface area contributed by atoms with Crippen molar-refractivity contribution in [3.05, 3.63) is 0 Å². The van der Waals surface area contributed by atoms with Gasteiger partial charge in [0.2, 0.25) is 0 Å². The van der Waals surface area contributed by atoms with E-state index in [0.29, 0.717) is 12.5 Å². The Hall–Kier alpha value is -0.610. The molecule has 0 bridgehead atoms. The van der Waals surface area contributed by atoms with Crippen LogP contribution in [0.25, 0.3) is 0 Å². The van der Waals surface area contributed by atoms with Gasteiger partial charge in [-0.2, -0.15) is 0 Å². The zero-order valence-corrected chi connectivity index (χ0v) is 11.3. The summed E-state index contributed by atoms with van der Waals surface area (Å²) in [6.45, 7) is 0.883. The molecule has 4 heteroatoms. The van der Waals surface area contributed by atoms with E-state index in [-0.39, 0.29) is 6.10 Å². The quantitative estimate of drug-likeness (QED) is 0.783. The Morgan fingerprint density at radius 2 is 1.83 bits per heavy atom. The summed E-state index contributed by atoms with van der Waals surface area (Å²) in [5, 5.41) is 8.91. The fourth-order valence-electron chi connectivity index (χ4n) is 3.19. The molecule has 2 fully saturated rings. The van der Waals surface area contributed by atoms with Gasteiger partial charge in [0.1, 0.15) is 0 Å². The predicted molar refractivity (Wildman–Crippen MR) is 69.7 cm³/mol. The highest BCUT2D eigenvalue weighted by Gasteiger charge is 2.32. The van der Waals surface area contributed by atoms with Gasteiger partial charge in [0.25, 0.3) is 0 Å². The summed E-state index contributed by atoms with van der Waals surface area (Å²) >= 11 is 0. The lowest BCUT2D eigenvalue weighted by Gasteiger charge is -2.29. The van der Waals surface area contributed by atoms with Crippen LogP contribution in [0.15, 0.2) is 0 Å². The van der Waals surface area contributed by atoms with Crippen LogP contribution in [0.2, 0.25) is 0 Å². The molecule has 2 unspecified atom stereocenters. The molecule has 1 saturated heterocycles. The standard InChI is InChI=1S/C14H25NO3/c1-15(11-6-4-2-3-5-7-11)10-12-8-9-13(18-12)14(16)17/h11-13H,2-10H2,1H3,(H,16,17). The largest absolute Gasteiger partial charge is 0.479 e. The van der Waals surface area contributed by atoms with Gasteiger partial charge in [0.15, 0.2) is 6.10 Å². The van der Waals surface area contributed by atoms with Crippen LogP contribution in [-0.2, 0) is 9.53 Å². The van der Waals surface area contributed by atoms with Gasteiger partial charge in [-0.05, 0) is 32.7 Å². The van der Waals surface area contributed by atoms with Crippen molar-refractivity contribution in [1.29, 1.82) is 0 Å². The van der Waals surface area contributed by atoms with Crippen LogP contribution in [0.3, 0.4) is 0 Å². The molecule has 0 aromatic rings. The minimum Gasteiger partial charge on any atom is -0.479 e. The van der Waals surface area contributed by atoms with Crippen molar-refractivity contribution in [1.82, 2.24) is 4.90 Å². The average molecular weight is 255 g/mol. The highest BCUT2D eigenvalue weighted by Crippen LogP contribution is 2.24. The number of carboxylic acids is 1. The maximum absolute atomic E-state index is 10.8. The Morgan fingerprint density at radius 1 is 1.17 bits per heavy atom. The van der Waals surface area contributed by atoms with Crippen LogP contribution in [-0.4, -0.2) is 47.8 Å². The molecule has 18 heavy (non-hydrogen) atoms. The van der Waals surface area contributed by atoms with E-state index in [9.17, 15) is 4.79 Å². The molecule has 0 aromatic heterocycles. The first-order valence-electron chi connectivity index (χ1n) is 7.25. The number of nitrogens with zero attached hydrogens (tertiary/aromatic N) is 1. The topological polar surface area (TPSA) is 49.8 Å². The molecular formula is C14H25NO3. The lowest BCUT2D eigenvalue weighted by Crippen LogP contribution is -2.37. The van der Waals surface area contributed by atoms with Gasteiger partial charge in [-0.1, -0.05) is 25.7 Å². The lowest BCUT2D eigenvalue weighted by atomic mass is 10.1. The number of aliphatic carboxylic acids is 1. The highest BCUT2D eigenvalue weighted by atomic mass is 16.5. The summed E-state index contributed by atoms with van der Waals surface area (Å²) in [6, 6.07) is 0.667. The Kier molecular flexibility index (Phi) is 5.01. The molecule has 1 heterocycles. The zero-order chi connectivity index (χ0) is 13.0. The molecule has 1 aliphatic heterocycles. The summed E-state index contributed by atoms with van der Waals surface area (Å²) in [4.78, 5) is 13.2. The first-order chi connectivity index (χ1) is 8.66. The van der Waals surface area contributed by atoms with E-state index < -0.39 is 12.1 Å². The minimum absolute atomic E-state index is 0.111. The zero-order valence-electron chi connectivity index (χ0n) is 11.3. The van der Waals surface area contributed by atoms with Crippen molar-refractivity contribution < 1.29 is 14.6 Å². The van der Waals surface area contributed by atoms with Crippen molar-refractivity contribution >= 4 is 5.97 Å². The number of carbonyl (C=O) groups is 1. The van der Waals surface area contributed by atoms with Crippen molar-refractivity contribution in [3.8, 4) is 0 Å². The molecule has 0 amide bonds. The number of carboxylic acid groups (broad SMARTS) is 1. The van der Waals surface area contributed by atoms with Gasteiger partial charge in [-0.15, -0.1) is 0 Å². The smallest absolute Gasteiger partial charge is 0.332 e. The summed E-state index contributed by atoms with van der Waals surface area (Å²) in [7, 11) is 2.16. The Bertz CT molecular complexity index is 274. The molecule has 2 atom stereocenters. The fourth-order valence-corrected chi connectivity index (χ4v) is 3.19. The maximum atomic E-state index is 10.8. The summed E-state index contributed by atoms with van der Waals surface area (Å²) in [5.74, 6) is -0.811. The lowest BCUT2D eigenvalue weighted by molar-refractivity contribution is -0.149. The number of ether oxygens (including phenoxy) is 1. The Balaban J connectivity index is 1.76. The molecular weight excluding hydrogens is 230 g/mol. The second-order valence-electron chi connectivity index (χ2n) is 5.75. The third-order valence-electron chi connectivity index (χ3n) is 4.32. The minimum atomic E-state index is -0.811. The van der Waals surface area contributed by atoms with E-state index >= 15 is 0 Å².